The Balaban J connectivity index is 2.29. The van der Waals surface area contributed by atoms with Crippen molar-refractivity contribution in [3.63, 3.8) is 0 Å². The lowest BCUT2D eigenvalue weighted by atomic mass is 9.97. The van der Waals surface area contributed by atoms with Crippen LogP contribution in [0.3, 0.4) is 0 Å². The summed E-state index contributed by atoms with van der Waals surface area (Å²) in [6.07, 6.45) is 4.64. The zero-order valence-electron chi connectivity index (χ0n) is 12.0. The molecule has 1 aliphatic rings. The van der Waals surface area contributed by atoms with Crippen LogP contribution < -0.4 is 4.90 Å². The number of para-hydroxylation sites is 1. The van der Waals surface area contributed by atoms with Crippen LogP contribution in [-0.2, 0) is 0 Å². The van der Waals surface area contributed by atoms with Gasteiger partial charge in [-0.05, 0) is 37.7 Å². The molecule has 1 aromatic carbocycles. The summed E-state index contributed by atoms with van der Waals surface area (Å²) in [7, 11) is 0. The van der Waals surface area contributed by atoms with E-state index in [2.05, 4.69) is 42.1 Å². The number of hydrogen-bond acceptors (Lipinski definition) is 3. The van der Waals surface area contributed by atoms with Gasteiger partial charge in [0, 0.05) is 24.3 Å². The van der Waals surface area contributed by atoms with Crippen LogP contribution in [0.4, 0.5) is 5.69 Å². The van der Waals surface area contributed by atoms with Gasteiger partial charge in [-0.2, -0.15) is 0 Å². The smallest absolute Gasteiger partial charge is 0.0891 e. The summed E-state index contributed by atoms with van der Waals surface area (Å²) in [4.78, 5) is 2.42. The van der Waals surface area contributed by atoms with Gasteiger partial charge in [-0.3, -0.25) is 0 Å². The van der Waals surface area contributed by atoms with Gasteiger partial charge >= 0.3 is 0 Å². The highest BCUT2D eigenvalue weighted by molar-refractivity contribution is 6.05. The first-order valence-electron chi connectivity index (χ1n) is 7.27. The van der Waals surface area contributed by atoms with Gasteiger partial charge in [0.2, 0.25) is 0 Å². The zero-order chi connectivity index (χ0) is 13.7. The number of oxime groups is 1. The topological polar surface area (TPSA) is 35.8 Å². The van der Waals surface area contributed by atoms with Crippen molar-refractivity contribution >= 4 is 11.4 Å². The van der Waals surface area contributed by atoms with Gasteiger partial charge in [-0.1, -0.05) is 37.2 Å². The Hall–Kier alpha value is -1.51. The highest BCUT2D eigenvalue weighted by Gasteiger charge is 2.17. The number of nitrogens with zero attached hydrogens (tertiary/aromatic N) is 2. The largest absolute Gasteiger partial charge is 0.411 e. The molecule has 0 unspecified atom stereocenters. The fourth-order valence-corrected chi connectivity index (χ4v) is 2.72. The van der Waals surface area contributed by atoms with E-state index in [9.17, 15) is 5.21 Å². The van der Waals surface area contributed by atoms with E-state index in [4.69, 9.17) is 0 Å². The van der Waals surface area contributed by atoms with Gasteiger partial charge in [0.05, 0.1) is 5.71 Å². The van der Waals surface area contributed by atoms with E-state index in [0.29, 0.717) is 5.92 Å². The SMILES string of the molecule is CC(C)CC(=NO)c1ccccc1N1CCCCC1. The summed E-state index contributed by atoms with van der Waals surface area (Å²) in [6, 6.07) is 8.31. The molecule has 1 saturated heterocycles. The second-order valence-corrected chi connectivity index (χ2v) is 5.71. The Kier molecular flexibility index (Phi) is 4.83. The van der Waals surface area contributed by atoms with Crippen molar-refractivity contribution in [2.24, 2.45) is 11.1 Å². The maximum absolute atomic E-state index is 9.32. The van der Waals surface area contributed by atoms with Gasteiger partial charge in [-0.15, -0.1) is 0 Å². The first-order chi connectivity index (χ1) is 9.22. The average molecular weight is 260 g/mol. The first-order valence-corrected chi connectivity index (χ1v) is 7.27. The van der Waals surface area contributed by atoms with E-state index in [0.717, 1.165) is 30.8 Å². The predicted molar refractivity (Wildman–Crippen MR) is 80.3 cm³/mol. The van der Waals surface area contributed by atoms with Crippen LogP contribution in [0.25, 0.3) is 0 Å². The molecule has 1 fully saturated rings. The Morgan fingerprint density at radius 3 is 2.53 bits per heavy atom. The van der Waals surface area contributed by atoms with Crippen LogP contribution in [-0.4, -0.2) is 24.0 Å². The van der Waals surface area contributed by atoms with E-state index in [1.165, 1.54) is 24.9 Å². The van der Waals surface area contributed by atoms with Gasteiger partial charge in [0.1, 0.15) is 0 Å². The number of piperidine rings is 1. The number of hydrogen-bond donors (Lipinski definition) is 1. The molecule has 3 heteroatoms. The summed E-state index contributed by atoms with van der Waals surface area (Å²) < 4.78 is 0. The molecule has 0 amide bonds. The highest BCUT2D eigenvalue weighted by atomic mass is 16.4. The quantitative estimate of drug-likeness (QED) is 0.506. The fraction of sp³-hybridized carbons (Fsp3) is 0.562. The van der Waals surface area contributed by atoms with Crippen molar-refractivity contribution < 1.29 is 5.21 Å². The monoisotopic (exact) mass is 260 g/mol. The zero-order valence-corrected chi connectivity index (χ0v) is 12.0. The van der Waals surface area contributed by atoms with Crippen LogP contribution in [0.5, 0.6) is 0 Å². The molecule has 104 valence electrons. The lowest BCUT2D eigenvalue weighted by molar-refractivity contribution is 0.317. The molecule has 0 aromatic heterocycles. The summed E-state index contributed by atoms with van der Waals surface area (Å²) in [5.41, 5.74) is 3.10. The van der Waals surface area contributed by atoms with Crippen LogP contribution in [0.2, 0.25) is 0 Å². The molecular weight excluding hydrogens is 236 g/mol. The van der Waals surface area contributed by atoms with E-state index >= 15 is 0 Å². The standard InChI is InChI=1S/C16H24N2O/c1-13(2)12-15(17-19)14-8-4-5-9-16(14)18-10-6-3-7-11-18/h4-5,8-9,13,19H,3,6-7,10-12H2,1-2H3. The van der Waals surface area contributed by atoms with Crippen molar-refractivity contribution in [3.05, 3.63) is 29.8 Å². The highest BCUT2D eigenvalue weighted by Crippen LogP contribution is 2.26. The molecule has 0 spiro atoms. The normalized spacial score (nSPS) is 17.0. The molecule has 0 bridgehead atoms. The average Bonchev–Trinajstić information content (AvgIpc) is 2.45. The predicted octanol–water partition coefficient (Wildman–Crippen LogP) is 3.90. The minimum absolute atomic E-state index is 0.486. The lowest BCUT2D eigenvalue weighted by Crippen LogP contribution is -2.30. The second-order valence-electron chi connectivity index (χ2n) is 5.71. The number of benzene rings is 1. The Bertz CT molecular complexity index is 434. The minimum atomic E-state index is 0.486. The van der Waals surface area contributed by atoms with E-state index in [-0.39, 0.29) is 0 Å². The Morgan fingerprint density at radius 1 is 1.21 bits per heavy atom. The molecular formula is C16H24N2O. The number of rotatable bonds is 4. The molecule has 0 aliphatic carbocycles. The number of anilines is 1. The molecule has 1 aliphatic heterocycles. The molecule has 1 aromatic rings. The van der Waals surface area contributed by atoms with E-state index in [1.54, 1.807) is 0 Å². The fourth-order valence-electron chi connectivity index (χ4n) is 2.72. The van der Waals surface area contributed by atoms with Gasteiger partial charge in [-0.25, -0.2) is 0 Å². The van der Waals surface area contributed by atoms with E-state index in [1.807, 2.05) is 6.07 Å². The Morgan fingerprint density at radius 2 is 1.89 bits per heavy atom. The molecule has 19 heavy (non-hydrogen) atoms. The van der Waals surface area contributed by atoms with Gasteiger partial charge < -0.3 is 10.1 Å². The third-order valence-corrected chi connectivity index (χ3v) is 3.63. The van der Waals surface area contributed by atoms with Crippen molar-refractivity contribution in [3.8, 4) is 0 Å². The van der Waals surface area contributed by atoms with Crippen molar-refractivity contribution in [1.82, 2.24) is 0 Å². The van der Waals surface area contributed by atoms with Crippen molar-refractivity contribution in [1.29, 1.82) is 0 Å². The van der Waals surface area contributed by atoms with Crippen LogP contribution in [0.1, 0.15) is 45.1 Å². The van der Waals surface area contributed by atoms with Gasteiger partial charge in [0.15, 0.2) is 0 Å². The third-order valence-electron chi connectivity index (χ3n) is 3.63. The molecule has 1 N–H and O–H groups in total. The van der Waals surface area contributed by atoms with Crippen molar-refractivity contribution in [2.45, 2.75) is 39.5 Å². The minimum Gasteiger partial charge on any atom is -0.411 e. The molecule has 0 saturated carbocycles. The Labute approximate surface area is 115 Å². The maximum atomic E-state index is 9.32. The van der Waals surface area contributed by atoms with E-state index < -0.39 is 0 Å². The van der Waals surface area contributed by atoms with Crippen LogP contribution >= 0.6 is 0 Å². The molecule has 0 radical (unpaired) electrons. The van der Waals surface area contributed by atoms with Crippen molar-refractivity contribution in [2.75, 3.05) is 18.0 Å². The van der Waals surface area contributed by atoms with Crippen LogP contribution in [0, 0.1) is 5.92 Å². The first kappa shape index (κ1) is 13.9. The summed E-state index contributed by atoms with van der Waals surface area (Å²) >= 11 is 0. The molecule has 2 rings (SSSR count). The lowest BCUT2D eigenvalue weighted by Gasteiger charge is -2.30. The molecule has 0 atom stereocenters. The molecule has 1 heterocycles. The summed E-state index contributed by atoms with van der Waals surface area (Å²) in [5, 5.41) is 12.9. The second kappa shape index (κ2) is 6.60. The third kappa shape index (κ3) is 3.49. The maximum Gasteiger partial charge on any atom is 0.0891 e. The van der Waals surface area contributed by atoms with Gasteiger partial charge in [0.25, 0.3) is 0 Å². The van der Waals surface area contributed by atoms with Crippen LogP contribution in [0.15, 0.2) is 29.4 Å². The molecule has 3 nitrogen and oxygen atoms in total. The summed E-state index contributed by atoms with van der Waals surface area (Å²) in [5.74, 6) is 0.486. The summed E-state index contributed by atoms with van der Waals surface area (Å²) in [6.45, 7) is 6.51.